The van der Waals surface area contributed by atoms with E-state index in [2.05, 4.69) is 12.6 Å². The van der Waals surface area contributed by atoms with E-state index in [1.165, 1.54) is 0 Å². The van der Waals surface area contributed by atoms with Gasteiger partial charge in [-0.3, -0.25) is 0 Å². The predicted molar refractivity (Wildman–Crippen MR) is 55.6 cm³/mol. The Morgan fingerprint density at radius 1 is 1.54 bits per heavy atom. The molecule has 1 aromatic carbocycles. The quantitative estimate of drug-likeness (QED) is 0.701. The summed E-state index contributed by atoms with van der Waals surface area (Å²) >= 11 is 5.87. The molecule has 13 heavy (non-hydrogen) atoms. The van der Waals surface area contributed by atoms with Crippen LogP contribution in [0.15, 0.2) is 24.8 Å². The van der Waals surface area contributed by atoms with Crippen molar-refractivity contribution in [2.24, 2.45) is 0 Å². The highest BCUT2D eigenvalue weighted by atomic mass is 35.5. The Labute approximate surface area is 83.3 Å². The van der Waals surface area contributed by atoms with Crippen molar-refractivity contribution in [3.05, 3.63) is 40.9 Å². The summed E-state index contributed by atoms with van der Waals surface area (Å²) in [6.45, 7) is 5.50. The van der Waals surface area contributed by atoms with Gasteiger partial charge in [0.2, 0.25) is 0 Å². The van der Waals surface area contributed by atoms with Crippen LogP contribution in [0.4, 0.5) is 0 Å². The van der Waals surface area contributed by atoms with E-state index in [4.69, 9.17) is 16.9 Å². The van der Waals surface area contributed by atoms with Crippen molar-refractivity contribution in [1.82, 2.24) is 0 Å². The summed E-state index contributed by atoms with van der Waals surface area (Å²) in [5.74, 6) is -0.127. The van der Waals surface area contributed by atoms with Gasteiger partial charge in [0, 0.05) is 5.02 Å². The number of halogens is 1. The van der Waals surface area contributed by atoms with Gasteiger partial charge in [0.15, 0.2) is 0 Å². The smallest absolute Gasteiger partial charge is 0.0700 e. The van der Waals surface area contributed by atoms with Crippen molar-refractivity contribution >= 4 is 17.7 Å². The van der Waals surface area contributed by atoms with Gasteiger partial charge in [-0.05, 0) is 30.2 Å². The van der Waals surface area contributed by atoms with Crippen LogP contribution in [0, 0.1) is 11.3 Å². The van der Waals surface area contributed by atoms with Gasteiger partial charge in [-0.25, -0.2) is 0 Å². The largest absolute Gasteiger partial charge is 0.198 e. The summed E-state index contributed by atoms with van der Waals surface area (Å²) in [4.78, 5) is 0. The molecular weight excluding hydrogens is 182 g/mol. The molecule has 0 spiro atoms. The first kappa shape index (κ1) is 9.83. The maximum Gasteiger partial charge on any atom is 0.0700 e. The zero-order valence-corrected chi connectivity index (χ0v) is 8.17. The molecule has 1 nitrogen and oxygen atoms in total. The molecule has 0 aliphatic rings. The standard InChI is InChI=1S/C11H10ClN/c1-3-9-4-10(8(2)7-13)6-11(12)5-9/h3-6,8H,1H2,2H3. The molecular formula is C11H10ClN. The minimum atomic E-state index is -0.127. The number of rotatable bonds is 2. The first-order valence-corrected chi connectivity index (χ1v) is 4.37. The molecule has 1 aromatic rings. The fourth-order valence-corrected chi connectivity index (χ4v) is 1.33. The van der Waals surface area contributed by atoms with Gasteiger partial charge in [-0.15, -0.1) is 0 Å². The predicted octanol–water partition coefficient (Wildman–Crippen LogP) is 3.61. The fraction of sp³-hybridized carbons (Fsp3) is 0.182. The summed E-state index contributed by atoms with van der Waals surface area (Å²) in [5, 5.41) is 9.37. The second-order valence-corrected chi connectivity index (χ2v) is 3.31. The van der Waals surface area contributed by atoms with Gasteiger partial charge in [-0.2, -0.15) is 5.26 Å². The van der Waals surface area contributed by atoms with Crippen LogP contribution in [0.25, 0.3) is 6.08 Å². The van der Waals surface area contributed by atoms with E-state index in [9.17, 15) is 0 Å². The molecule has 0 radical (unpaired) electrons. The Balaban J connectivity index is 3.17. The number of benzene rings is 1. The van der Waals surface area contributed by atoms with Crippen molar-refractivity contribution in [3.63, 3.8) is 0 Å². The number of hydrogen-bond donors (Lipinski definition) is 0. The lowest BCUT2D eigenvalue weighted by molar-refractivity contribution is 0.981. The Hall–Kier alpha value is -1.26. The van der Waals surface area contributed by atoms with Crippen LogP contribution in [0.3, 0.4) is 0 Å². The molecule has 0 heterocycles. The molecule has 0 aliphatic carbocycles. The maximum atomic E-state index is 8.72. The van der Waals surface area contributed by atoms with E-state index in [-0.39, 0.29) is 5.92 Å². The highest BCUT2D eigenvalue weighted by Crippen LogP contribution is 2.21. The topological polar surface area (TPSA) is 23.8 Å². The Morgan fingerprint density at radius 3 is 2.77 bits per heavy atom. The summed E-state index contributed by atoms with van der Waals surface area (Å²) in [6.07, 6.45) is 1.72. The van der Waals surface area contributed by atoms with E-state index in [1.807, 2.05) is 25.1 Å². The lowest BCUT2D eigenvalue weighted by Gasteiger charge is -2.04. The average molecular weight is 192 g/mol. The van der Waals surface area contributed by atoms with Crippen molar-refractivity contribution in [2.45, 2.75) is 12.8 Å². The first-order valence-electron chi connectivity index (χ1n) is 4.00. The lowest BCUT2D eigenvalue weighted by Crippen LogP contribution is -1.89. The molecule has 0 fully saturated rings. The normalized spacial score (nSPS) is 11.8. The van der Waals surface area contributed by atoms with Crippen LogP contribution in [-0.4, -0.2) is 0 Å². The zero-order chi connectivity index (χ0) is 9.84. The summed E-state index contributed by atoms with van der Waals surface area (Å²) in [5.41, 5.74) is 1.88. The van der Waals surface area contributed by atoms with Gasteiger partial charge in [0.1, 0.15) is 0 Å². The molecule has 0 saturated carbocycles. The molecule has 1 unspecified atom stereocenters. The summed E-state index contributed by atoms with van der Waals surface area (Å²) in [7, 11) is 0. The van der Waals surface area contributed by atoms with Crippen molar-refractivity contribution in [1.29, 1.82) is 5.26 Å². The highest BCUT2D eigenvalue weighted by Gasteiger charge is 2.05. The average Bonchev–Trinajstić information content (AvgIpc) is 2.15. The molecule has 0 aromatic heterocycles. The van der Waals surface area contributed by atoms with Gasteiger partial charge in [0.25, 0.3) is 0 Å². The second-order valence-electron chi connectivity index (χ2n) is 2.87. The fourth-order valence-electron chi connectivity index (χ4n) is 1.08. The number of nitrogens with zero attached hydrogens (tertiary/aromatic N) is 1. The van der Waals surface area contributed by atoms with Gasteiger partial charge >= 0.3 is 0 Å². The van der Waals surface area contributed by atoms with Crippen LogP contribution in [0.1, 0.15) is 24.0 Å². The molecule has 0 bridgehead atoms. The number of hydrogen-bond acceptors (Lipinski definition) is 1. The third-order valence-electron chi connectivity index (χ3n) is 1.87. The summed E-state index contributed by atoms with van der Waals surface area (Å²) < 4.78 is 0. The second kappa shape index (κ2) is 4.11. The molecule has 2 heteroatoms. The van der Waals surface area contributed by atoms with Gasteiger partial charge in [-0.1, -0.05) is 30.3 Å². The van der Waals surface area contributed by atoms with E-state index in [1.54, 1.807) is 6.08 Å². The molecule has 0 saturated heterocycles. The van der Waals surface area contributed by atoms with E-state index in [0.717, 1.165) is 11.1 Å². The molecule has 0 amide bonds. The highest BCUT2D eigenvalue weighted by molar-refractivity contribution is 6.30. The first-order chi connectivity index (χ1) is 6.17. The van der Waals surface area contributed by atoms with Crippen LogP contribution in [0.5, 0.6) is 0 Å². The van der Waals surface area contributed by atoms with Crippen molar-refractivity contribution < 1.29 is 0 Å². The number of nitriles is 1. The zero-order valence-electron chi connectivity index (χ0n) is 7.42. The van der Waals surface area contributed by atoms with Crippen LogP contribution >= 0.6 is 11.6 Å². The lowest BCUT2D eigenvalue weighted by atomic mass is 10.0. The molecule has 1 atom stereocenters. The Morgan fingerprint density at radius 2 is 2.23 bits per heavy atom. The molecule has 0 N–H and O–H groups in total. The third-order valence-corrected chi connectivity index (χ3v) is 2.09. The Bertz CT molecular complexity index is 363. The van der Waals surface area contributed by atoms with Crippen molar-refractivity contribution in [2.75, 3.05) is 0 Å². The summed E-state index contributed by atoms with van der Waals surface area (Å²) in [6, 6.07) is 7.72. The van der Waals surface area contributed by atoms with E-state index < -0.39 is 0 Å². The van der Waals surface area contributed by atoms with Crippen LogP contribution in [0.2, 0.25) is 5.02 Å². The van der Waals surface area contributed by atoms with Crippen LogP contribution in [-0.2, 0) is 0 Å². The maximum absolute atomic E-state index is 8.72. The minimum Gasteiger partial charge on any atom is -0.198 e. The van der Waals surface area contributed by atoms with Gasteiger partial charge < -0.3 is 0 Å². The molecule has 1 rings (SSSR count). The van der Waals surface area contributed by atoms with Crippen LogP contribution < -0.4 is 0 Å². The Kier molecular flexibility index (Phi) is 3.11. The third kappa shape index (κ3) is 2.34. The molecule has 0 aliphatic heterocycles. The van der Waals surface area contributed by atoms with Gasteiger partial charge in [0.05, 0.1) is 12.0 Å². The molecule has 66 valence electrons. The van der Waals surface area contributed by atoms with Crippen molar-refractivity contribution in [3.8, 4) is 6.07 Å². The minimum absolute atomic E-state index is 0.127. The monoisotopic (exact) mass is 191 g/mol. The van der Waals surface area contributed by atoms with E-state index in [0.29, 0.717) is 5.02 Å². The SMILES string of the molecule is C=Cc1cc(Cl)cc(C(C)C#N)c1. The van der Waals surface area contributed by atoms with E-state index >= 15 is 0 Å².